The van der Waals surface area contributed by atoms with Gasteiger partial charge in [-0.25, -0.2) is 0 Å². The summed E-state index contributed by atoms with van der Waals surface area (Å²) >= 11 is 0. The lowest BCUT2D eigenvalue weighted by atomic mass is 10.1. The zero-order valence-electron chi connectivity index (χ0n) is 12.9. The van der Waals surface area contributed by atoms with Gasteiger partial charge in [-0.15, -0.1) is 0 Å². The minimum absolute atomic E-state index is 0.277. The van der Waals surface area contributed by atoms with Crippen LogP contribution in [-0.4, -0.2) is 33.3 Å². The number of hydrogen-bond donors (Lipinski definition) is 1. The molecule has 1 N–H and O–H groups in total. The number of rotatable bonds is 4. The Morgan fingerprint density at radius 1 is 1.00 bits per heavy atom. The average Bonchev–Trinajstić information content (AvgIpc) is 2.60. The molecule has 6 heteroatoms. The minimum Gasteiger partial charge on any atom is -0.497 e. The number of methoxy groups -OCH3 is 2. The third kappa shape index (κ3) is 3.15. The first-order valence-corrected chi connectivity index (χ1v) is 7.14. The molecule has 0 bridgehead atoms. The molecule has 23 heavy (non-hydrogen) atoms. The number of anilines is 1. The molecule has 1 aliphatic rings. The molecular weight excluding hydrogens is 298 g/mol. The van der Waals surface area contributed by atoms with E-state index in [4.69, 9.17) is 18.9 Å². The number of carbonyl (C=O) groups excluding carboxylic acids is 1. The fourth-order valence-corrected chi connectivity index (χ4v) is 2.31. The molecule has 1 amide bonds. The molecule has 1 heterocycles. The summed E-state index contributed by atoms with van der Waals surface area (Å²) in [7, 11) is 3.07. The van der Waals surface area contributed by atoms with E-state index in [0.717, 1.165) is 0 Å². The lowest BCUT2D eigenvalue weighted by Crippen LogP contribution is -2.16. The van der Waals surface area contributed by atoms with E-state index in [9.17, 15) is 4.79 Å². The van der Waals surface area contributed by atoms with E-state index >= 15 is 0 Å². The molecule has 2 aromatic carbocycles. The van der Waals surface area contributed by atoms with Crippen molar-refractivity contribution in [2.75, 3.05) is 32.8 Å². The number of ether oxygens (including phenoxy) is 4. The summed E-state index contributed by atoms with van der Waals surface area (Å²) in [6.07, 6.45) is 0. The summed E-state index contributed by atoms with van der Waals surface area (Å²) in [6.45, 7) is 1.03. The van der Waals surface area contributed by atoms with Crippen LogP contribution < -0.4 is 24.3 Å². The van der Waals surface area contributed by atoms with Crippen LogP contribution >= 0.6 is 0 Å². The van der Waals surface area contributed by atoms with Gasteiger partial charge in [0.1, 0.15) is 24.7 Å². The lowest BCUT2D eigenvalue weighted by Gasteiger charge is -2.19. The summed E-state index contributed by atoms with van der Waals surface area (Å²) in [6, 6.07) is 10.3. The molecule has 0 saturated heterocycles. The average molecular weight is 315 g/mol. The zero-order chi connectivity index (χ0) is 16.2. The molecular formula is C17H17NO5. The number of carbonyl (C=O) groups is 1. The first-order chi connectivity index (χ1) is 11.2. The van der Waals surface area contributed by atoms with Gasteiger partial charge in [-0.1, -0.05) is 0 Å². The Morgan fingerprint density at radius 2 is 1.78 bits per heavy atom. The van der Waals surface area contributed by atoms with Crippen molar-refractivity contribution >= 4 is 11.6 Å². The van der Waals surface area contributed by atoms with Gasteiger partial charge in [-0.3, -0.25) is 4.79 Å². The van der Waals surface area contributed by atoms with E-state index in [0.29, 0.717) is 47.5 Å². The Kier molecular flexibility index (Phi) is 4.23. The molecule has 0 unspecified atom stereocenters. The summed E-state index contributed by atoms with van der Waals surface area (Å²) in [5.74, 6) is 2.09. The fourth-order valence-electron chi connectivity index (χ4n) is 2.31. The second-order valence-electron chi connectivity index (χ2n) is 4.88. The van der Waals surface area contributed by atoms with Gasteiger partial charge in [0.25, 0.3) is 5.91 Å². The molecule has 0 fully saturated rings. The van der Waals surface area contributed by atoms with Crippen LogP contribution in [0.1, 0.15) is 10.4 Å². The maximum Gasteiger partial charge on any atom is 0.259 e. The van der Waals surface area contributed by atoms with Crippen molar-refractivity contribution in [2.45, 2.75) is 0 Å². The van der Waals surface area contributed by atoms with Crippen LogP contribution in [0.4, 0.5) is 5.69 Å². The highest BCUT2D eigenvalue weighted by Crippen LogP contribution is 2.33. The van der Waals surface area contributed by atoms with Crippen LogP contribution in [-0.2, 0) is 0 Å². The van der Waals surface area contributed by atoms with Gasteiger partial charge < -0.3 is 24.3 Å². The highest BCUT2D eigenvalue weighted by atomic mass is 16.6. The maximum atomic E-state index is 12.5. The van der Waals surface area contributed by atoms with Gasteiger partial charge in [0.15, 0.2) is 11.5 Å². The molecule has 0 spiro atoms. The molecule has 0 aromatic heterocycles. The molecule has 0 radical (unpaired) electrons. The first-order valence-electron chi connectivity index (χ1n) is 7.14. The van der Waals surface area contributed by atoms with Crippen molar-refractivity contribution in [1.82, 2.24) is 0 Å². The standard InChI is InChI=1S/C17H17NO5/c1-20-12-4-5-13(15(10-12)21-2)17(19)18-11-3-6-14-16(9-11)23-8-7-22-14/h3-6,9-10H,7-8H2,1-2H3,(H,18,19). The zero-order valence-corrected chi connectivity index (χ0v) is 12.9. The Labute approximate surface area is 133 Å². The largest absolute Gasteiger partial charge is 0.497 e. The van der Waals surface area contributed by atoms with E-state index in [2.05, 4.69) is 5.32 Å². The van der Waals surface area contributed by atoms with Crippen LogP contribution in [0, 0.1) is 0 Å². The van der Waals surface area contributed by atoms with Crippen molar-refractivity contribution in [3.8, 4) is 23.0 Å². The predicted molar refractivity (Wildman–Crippen MR) is 84.9 cm³/mol. The van der Waals surface area contributed by atoms with Crippen molar-refractivity contribution < 1.29 is 23.7 Å². The predicted octanol–water partition coefficient (Wildman–Crippen LogP) is 2.73. The number of amides is 1. The SMILES string of the molecule is COc1ccc(C(=O)Nc2ccc3c(c2)OCCO3)c(OC)c1. The molecule has 120 valence electrons. The number of fused-ring (bicyclic) bond motifs is 1. The summed E-state index contributed by atoms with van der Waals surface area (Å²) in [5, 5.41) is 2.83. The topological polar surface area (TPSA) is 66.0 Å². The fraction of sp³-hybridized carbons (Fsp3) is 0.235. The lowest BCUT2D eigenvalue weighted by molar-refractivity contribution is 0.102. The number of nitrogens with one attached hydrogen (secondary N) is 1. The van der Waals surface area contributed by atoms with Crippen molar-refractivity contribution in [3.05, 3.63) is 42.0 Å². The second kappa shape index (κ2) is 6.48. The number of hydrogen-bond acceptors (Lipinski definition) is 5. The third-order valence-corrected chi connectivity index (χ3v) is 3.45. The molecule has 2 aromatic rings. The van der Waals surface area contributed by atoms with E-state index in [1.54, 1.807) is 43.5 Å². The second-order valence-corrected chi connectivity index (χ2v) is 4.88. The summed E-state index contributed by atoms with van der Waals surface area (Å²) < 4.78 is 21.3. The van der Waals surface area contributed by atoms with Crippen LogP contribution in [0.2, 0.25) is 0 Å². The van der Waals surface area contributed by atoms with Gasteiger partial charge in [0.2, 0.25) is 0 Å². The monoisotopic (exact) mass is 315 g/mol. The van der Waals surface area contributed by atoms with Crippen molar-refractivity contribution in [3.63, 3.8) is 0 Å². The molecule has 6 nitrogen and oxygen atoms in total. The van der Waals surface area contributed by atoms with Crippen LogP contribution in [0.5, 0.6) is 23.0 Å². The quantitative estimate of drug-likeness (QED) is 0.940. The van der Waals surface area contributed by atoms with Gasteiger partial charge in [-0.05, 0) is 24.3 Å². The Balaban J connectivity index is 1.81. The Bertz CT molecular complexity index is 729. The normalized spacial score (nSPS) is 12.4. The molecule has 3 rings (SSSR count). The van der Waals surface area contributed by atoms with Gasteiger partial charge in [0.05, 0.1) is 19.8 Å². The van der Waals surface area contributed by atoms with E-state index in [1.165, 1.54) is 7.11 Å². The summed E-state index contributed by atoms with van der Waals surface area (Å²) in [5.41, 5.74) is 1.04. The van der Waals surface area contributed by atoms with Crippen molar-refractivity contribution in [1.29, 1.82) is 0 Å². The maximum absolute atomic E-state index is 12.5. The first kappa shape index (κ1) is 15.0. The smallest absolute Gasteiger partial charge is 0.259 e. The molecule has 0 atom stereocenters. The van der Waals surface area contributed by atoms with Gasteiger partial charge in [-0.2, -0.15) is 0 Å². The van der Waals surface area contributed by atoms with E-state index < -0.39 is 0 Å². The van der Waals surface area contributed by atoms with E-state index in [1.807, 2.05) is 0 Å². The van der Waals surface area contributed by atoms with E-state index in [-0.39, 0.29) is 5.91 Å². The molecule has 0 aliphatic carbocycles. The minimum atomic E-state index is -0.277. The summed E-state index contributed by atoms with van der Waals surface area (Å²) in [4.78, 5) is 12.5. The highest BCUT2D eigenvalue weighted by Gasteiger charge is 2.16. The molecule has 0 saturated carbocycles. The van der Waals surface area contributed by atoms with Crippen LogP contribution in [0.3, 0.4) is 0 Å². The van der Waals surface area contributed by atoms with Gasteiger partial charge >= 0.3 is 0 Å². The van der Waals surface area contributed by atoms with Gasteiger partial charge in [0, 0.05) is 17.8 Å². The Morgan fingerprint density at radius 3 is 2.52 bits per heavy atom. The highest BCUT2D eigenvalue weighted by molar-refractivity contribution is 6.06. The number of benzene rings is 2. The Hall–Kier alpha value is -2.89. The van der Waals surface area contributed by atoms with Crippen molar-refractivity contribution in [2.24, 2.45) is 0 Å². The third-order valence-electron chi connectivity index (χ3n) is 3.45. The van der Waals surface area contributed by atoms with Crippen LogP contribution in [0.15, 0.2) is 36.4 Å². The molecule has 1 aliphatic heterocycles. The van der Waals surface area contributed by atoms with Crippen LogP contribution in [0.25, 0.3) is 0 Å².